The molecule has 19 heavy (non-hydrogen) atoms. The molecule has 104 valence electrons. The molecule has 1 aliphatic rings. The lowest BCUT2D eigenvalue weighted by molar-refractivity contribution is -0.155. The van der Waals surface area contributed by atoms with Crippen LogP contribution >= 0.6 is 0 Å². The van der Waals surface area contributed by atoms with Crippen LogP contribution in [0.4, 0.5) is 5.69 Å². The van der Waals surface area contributed by atoms with Gasteiger partial charge in [0.25, 0.3) is 0 Å². The van der Waals surface area contributed by atoms with Crippen molar-refractivity contribution in [3.05, 3.63) is 18.2 Å². The maximum absolute atomic E-state index is 11.9. The number of nitrogens with one attached hydrogen (secondary N) is 1. The molecule has 5 heteroatoms. The van der Waals surface area contributed by atoms with E-state index in [1.807, 2.05) is 39.0 Å². The topological polar surface area (TPSA) is 56.8 Å². The molecular formula is C14H19NO4. The summed E-state index contributed by atoms with van der Waals surface area (Å²) in [6.45, 7) is 7.54. The van der Waals surface area contributed by atoms with E-state index >= 15 is 0 Å². The fourth-order valence-electron chi connectivity index (χ4n) is 1.69. The van der Waals surface area contributed by atoms with Crippen LogP contribution in [0, 0.1) is 0 Å². The van der Waals surface area contributed by atoms with Gasteiger partial charge >= 0.3 is 5.97 Å². The second-order valence-electron chi connectivity index (χ2n) is 5.47. The first-order valence-electron chi connectivity index (χ1n) is 6.24. The molecule has 0 bridgehead atoms. The van der Waals surface area contributed by atoms with E-state index in [2.05, 4.69) is 5.32 Å². The van der Waals surface area contributed by atoms with Crippen LogP contribution in [-0.2, 0) is 9.53 Å². The van der Waals surface area contributed by atoms with Crippen LogP contribution in [0.25, 0.3) is 0 Å². The summed E-state index contributed by atoms with van der Waals surface area (Å²) in [5.41, 5.74) is 0.310. The van der Waals surface area contributed by atoms with Crippen LogP contribution in [0.2, 0.25) is 0 Å². The minimum Gasteiger partial charge on any atom is -0.458 e. The molecular weight excluding hydrogens is 246 g/mol. The van der Waals surface area contributed by atoms with Crippen molar-refractivity contribution in [3.63, 3.8) is 0 Å². The van der Waals surface area contributed by atoms with Crippen molar-refractivity contribution in [2.24, 2.45) is 0 Å². The van der Waals surface area contributed by atoms with Crippen LogP contribution in [0.1, 0.15) is 27.7 Å². The Morgan fingerprint density at radius 2 is 2.00 bits per heavy atom. The molecule has 0 aliphatic carbocycles. The van der Waals surface area contributed by atoms with Crippen molar-refractivity contribution >= 4 is 11.7 Å². The summed E-state index contributed by atoms with van der Waals surface area (Å²) in [6.07, 6.45) is 0. The Kier molecular flexibility index (Phi) is 3.55. The normalized spacial score (nSPS) is 14.9. The summed E-state index contributed by atoms with van der Waals surface area (Å²) < 4.78 is 15.8. The van der Waals surface area contributed by atoms with Gasteiger partial charge in [-0.1, -0.05) is 0 Å². The quantitative estimate of drug-likeness (QED) is 0.851. The van der Waals surface area contributed by atoms with E-state index in [9.17, 15) is 4.79 Å². The molecule has 1 aromatic carbocycles. The van der Waals surface area contributed by atoms with Crippen molar-refractivity contribution < 1.29 is 19.0 Å². The highest BCUT2D eigenvalue weighted by Crippen LogP contribution is 2.34. The van der Waals surface area contributed by atoms with Gasteiger partial charge in [-0.25, -0.2) is 4.79 Å². The molecule has 1 unspecified atom stereocenters. The Morgan fingerprint density at radius 3 is 2.68 bits per heavy atom. The van der Waals surface area contributed by atoms with E-state index in [0.29, 0.717) is 5.75 Å². The molecule has 1 atom stereocenters. The number of benzene rings is 1. The predicted molar refractivity (Wildman–Crippen MR) is 71.5 cm³/mol. The molecule has 0 saturated heterocycles. The van der Waals surface area contributed by atoms with Crippen molar-refractivity contribution in [2.75, 3.05) is 12.1 Å². The molecule has 1 N–H and O–H groups in total. The second kappa shape index (κ2) is 4.99. The van der Waals surface area contributed by atoms with Crippen molar-refractivity contribution in [1.29, 1.82) is 0 Å². The van der Waals surface area contributed by atoms with E-state index in [4.69, 9.17) is 14.2 Å². The van der Waals surface area contributed by atoms with Gasteiger partial charge in [0.1, 0.15) is 11.6 Å². The van der Waals surface area contributed by atoms with Gasteiger partial charge in [-0.15, -0.1) is 0 Å². The number of rotatable bonds is 3. The molecule has 0 aromatic heterocycles. The van der Waals surface area contributed by atoms with Gasteiger partial charge in [0.15, 0.2) is 11.5 Å². The van der Waals surface area contributed by atoms with E-state index in [0.717, 1.165) is 11.4 Å². The lowest BCUT2D eigenvalue weighted by Crippen LogP contribution is -2.34. The van der Waals surface area contributed by atoms with Gasteiger partial charge in [0, 0.05) is 11.8 Å². The summed E-state index contributed by atoms with van der Waals surface area (Å²) in [7, 11) is 0. The zero-order valence-electron chi connectivity index (χ0n) is 11.6. The van der Waals surface area contributed by atoms with E-state index in [1.165, 1.54) is 0 Å². The van der Waals surface area contributed by atoms with Crippen LogP contribution in [0.5, 0.6) is 11.5 Å². The summed E-state index contributed by atoms with van der Waals surface area (Å²) >= 11 is 0. The third kappa shape index (κ3) is 3.53. The molecule has 2 rings (SSSR count). The molecule has 5 nitrogen and oxygen atoms in total. The van der Waals surface area contributed by atoms with Gasteiger partial charge in [-0.05, 0) is 39.8 Å². The van der Waals surface area contributed by atoms with Crippen molar-refractivity contribution in [2.45, 2.75) is 39.3 Å². The fourth-order valence-corrected chi connectivity index (χ4v) is 1.69. The SMILES string of the molecule is CC(Nc1ccc2c(c1)OCO2)C(=O)OC(C)(C)C. The van der Waals surface area contributed by atoms with Gasteiger partial charge in [-0.2, -0.15) is 0 Å². The van der Waals surface area contributed by atoms with Crippen LogP contribution < -0.4 is 14.8 Å². The molecule has 0 saturated carbocycles. The Labute approximate surface area is 112 Å². The number of hydrogen-bond acceptors (Lipinski definition) is 5. The minimum absolute atomic E-state index is 0.237. The highest BCUT2D eigenvalue weighted by Gasteiger charge is 2.22. The Hall–Kier alpha value is -1.91. The summed E-state index contributed by atoms with van der Waals surface area (Å²) in [6, 6.07) is 5.03. The fraction of sp³-hybridized carbons (Fsp3) is 0.500. The van der Waals surface area contributed by atoms with E-state index in [-0.39, 0.29) is 12.8 Å². The maximum Gasteiger partial charge on any atom is 0.328 e. The number of esters is 1. The summed E-state index contributed by atoms with van der Waals surface area (Å²) in [4.78, 5) is 11.9. The highest BCUT2D eigenvalue weighted by molar-refractivity contribution is 5.79. The minimum atomic E-state index is -0.484. The average Bonchev–Trinajstić information content (AvgIpc) is 2.73. The van der Waals surface area contributed by atoms with Crippen molar-refractivity contribution in [3.8, 4) is 11.5 Å². The molecule has 0 radical (unpaired) electrons. The summed E-state index contributed by atoms with van der Waals surface area (Å²) in [5.74, 6) is 1.11. The smallest absolute Gasteiger partial charge is 0.328 e. The maximum atomic E-state index is 11.9. The molecule has 1 aromatic rings. The second-order valence-corrected chi connectivity index (χ2v) is 5.47. The molecule has 0 spiro atoms. The number of carbonyl (C=O) groups excluding carboxylic acids is 1. The standard InChI is InChI=1S/C14H19NO4/c1-9(13(16)19-14(2,3)4)15-10-5-6-11-12(7-10)18-8-17-11/h5-7,9,15H,8H2,1-4H3. The third-order valence-corrected chi connectivity index (χ3v) is 2.52. The van der Waals surface area contributed by atoms with Gasteiger partial charge < -0.3 is 19.5 Å². The Balaban J connectivity index is 1.99. The molecule has 1 heterocycles. The highest BCUT2D eigenvalue weighted by atomic mass is 16.7. The Morgan fingerprint density at radius 1 is 1.32 bits per heavy atom. The van der Waals surface area contributed by atoms with Crippen LogP contribution in [0.15, 0.2) is 18.2 Å². The number of anilines is 1. The molecule has 0 amide bonds. The molecule has 0 fully saturated rings. The van der Waals surface area contributed by atoms with E-state index in [1.54, 1.807) is 6.92 Å². The first-order valence-corrected chi connectivity index (χ1v) is 6.24. The molecule has 1 aliphatic heterocycles. The first-order chi connectivity index (χ1) is 8.85. The summed E-state index contributed by atoms with van der Waals surface area (Å²) in [5, 5.41) is 3.08. The number of hydrogen-bond donors (Lipinski definition) is 1. The monoisotopic (exact) mass is 265 g/mol. The lowest BCUT2D eigenvalue weighted by Gasteiger charge is -2.23. The van der Waals surface area contributed by atoms with Gasteiger partial charge in [0.05, 0.1) is 0 Å². The van der Waals surface area contributed by atoms with Gasteiger partial charge in [-0.3, -0.25) is 0 Å². The number of fused-ring (bicyclic) bond motifs is 1. The van der Waals surface area contributed by atoms with Crippen LogP contribution in [-0.4, -0.2) is 24.4 Å². The number of carbonyl (C=O) groups is 1. The van der Waals surface area contributed by atoms with Crippen molar-refractivity contribution in [1.82, 2.24) is 0 Å². The average molecular weight is 265 g/mol. The number of ether oxygens (including phenoxy) is 3. The first kappa shape index (κ1) is 13.5. The third-order valence-electron chi connectivity index (χ3n) is 2.52. The largest absolute Gasteiger partial charge is 0.458 e. The Bertz CT molecular complexity index is 479. The predicted octanol–water partition coefficient (Wildman–Crippen LogP) is 2.56. The van der Waals surface area contributed by atoms with Crippen LogP contribution in [0.3, 0.4) is 0 Å². The lowest BCUT2D eigenvalue weighted by atomic mass is 10.2. The zero-order valence-corrected chi connectivity index (χ0v) is 11.6. The van der Waals surface area contributed by atoms with Gasteiger partial charge in [0.2, 0.25) is 6.79 Å². The zero-order chi connectivity index (χ0) is 14.0. The van der Waals surface area contributed by atoms with E-state index < -0.39 is 11.6 Å².